The number of nitrogens with zero attached hydrogens (tertiary/aromatic N) is 1. The number of para-hydroxylation sites is 1. The van der Waals surface area contributed by atoms with Gasteiger partial charge in [0.05, 0.1) is 19.1 Å². The summed E-state index contributed by atoms with van der Waals surface area (Å²) in [6, 6.07) is 15.6. The molecule has 3 rings (SSSR count). The minimum absolute atomic E-state index is 0.0284. The first-order valence-corrected chi connectivity index (χ1v) is 9.24. The van der Waals surface area contributed by atoms with Crippen LogP contribution in [0.2, 0.25) is 0 Å². The van der Waals surface area contributed by atoms with Gasteiger partial charge >= 0.3 is 0 Å². The molecule has 0 aromatic heterocycles. The molecule has 1 aliphatic rings. The van der Waals surface area contributed by atoms with Crippen LogP contribution < -0.4 is 10.1 Å². The maximum atomic E-state index is 12.7. The quantitative estimate of drug-likeness (QED) is 0.854. The first kappa shape index (κ1) is 19.0. The van der Waals surface area contributed by atoms with E-state index < -0.39 is 0 Å². The van der Waals surface area contributed by atoms with E-state index in [2.05, 4.69) is 5.32 Å². The molecule has 2 amide bonds. The van der Waals surface area contributed by atoms with Crippen LogP contribution in [0.25, 0.3) is 0 Å². The number of hydrogen-bond donors (Lipinski definition) is 1. The van der Waals surface area contributed by atoms with E-state index in [-0.39, 0.29) is 30.2 Å². The molecule has 2 aromatic carbocycles. The molecule has 0 bridgehead atoms. The van der Waals surface area contributed by atoms with Crippen LogP contribution in [0.15, 0.2) is 48.5 Å². The average Bonchev–Trinajstić information content (AvgIpc) is 3.04. The van der Waals surface area contributed by atoms with Crippen molar-refractivity contribution >= 4 is 11.8 Å². The van der Waals surface area contributed by atoms with E-state index in [1.165, 1.54) is 5.56 Å². The van der Waals surface area contributed by atoms with E-state index in [9.17, 15) is 9.59 Å². The second-order valence-electron chi connectivity index (χ2n) is 7.13. The van der Waals surface area contributed by atoms with Crippen molar-refractivity contribution < 1.29 is 14.3 Å². The van der Waals surface area contributed by atoms with E-state index in [1.807, 2.05) is 62.4 Å². The van der Waals surface area contributed by atoms with Crippen molar-refractivity contribution in [2.24, 2.45) is 5.92 Å². The fraction of sp³-hybridized carbons (Fsp3) is 0.364. The summed E-state index contributed by atoms with van der Waals surface area (Å²) in [6.45, 7) is 4.97. The third-order valence-corrected chi connectivity index (χ3v) is 5.04. The van der Waals surface area contributed by atoms with E-state index in [0.717, 1.165) is 16.9 Å². The second kappa shape index (κ2) is 8.25. The normalized spacial score (nSPS) is 17.7. The number of likely N-dealkylation sites (tertiary alicyclic amines) is 1. The SMILES string of the molecule is COc1ccccc1C(C)NC(=O)C1CC(=O)N(Cc2ccc(C)cc2)C1. The van der Waals surface area contributed by atoms with E-state index in [4.69, 9.17) is 4.74 Å². The number of hydrogen-bond acceptors (Lipinski definition) is 3. The lowest BCUT2D eigenvalue weighted by molar-refractivity contribution is -0.129. The van der Waals surface area contributed by atoms with E-state index in [0.29, 0.717) is 13.1 Å². The summed E-state index contributed by atoms with van der Waals surface area (Å²) < 4.78 is 5.37. The van der Waals surface area contributed by atoms with Crippen molar-refractivity contribution in [2.45, 2.75) is 32.9 Å². The van der Waals surface area contributed by atoms with Gasteiger partial charge in [0, 0.05) is 25.1 Å². The molecule has 5 heteroatoms. The van der Waals surface area contributed by atoms with Gasteiger partial charge in [-0.2, -0.15) is 0 Å². The molecule has 0 radical (unpaired) electrons. The zero-order valence-electron chi connectivity index (χ0n) is 16.1. The molecule has 0 spiro atoms. The fourth-order valence-corrected chi connectivity index (χ4v) is 3.45. The Balaban J connectivity index is 1.61. The Morgan fingerprint density at radius 1 is 1.22 bits per heavy atom. The van der Waals surface area contributed by atoms with Gasteiger partial charge in [-0.3, -0.25) is 9.59 Å². The minimum Gasteiger partial charge on any atom is -0.496 e. The Morgan fingerprint density at radius 2 is 1.93 bits per heavy atom. The molecule has 1 N–H and O–H groups in total. The van der Waals surface area contributed by atoms with Crippen molar-refractivity contribution in [3.63, 3.8) is 0 Å². The van der Waals surface area contributed by atoms with Crippen molar-refractivity contribution in [3.8, 4) is 5.75 Å². The van der Waals surface area contributed by atoms with Gasteiger partial charge < -0.3 is 15.0 Å². The Labute approximate surface area is 160 Å². The molecule has 1 aliphatic heterocycles. The lowest BCUT2D eigenvalue weighted by Crippen LogP contribution is -2.34. The van der Waals surface area contributed by atoms with Crippen LogP contribution in [-0.2, 0) is 16.1 Å². The highest BCUT2D eigenvalue weighted by molar-refractivity contribution is 5.89. The van der Waals surface area contributed by atoms with Crippen molar-refractivity contribution in [2.75, 3.05) is 13.7 Å². The Bertz CT molecular complexity index is 817. The smallest absolute Gasteiger partial charge is 0.225 e. The molecule has 0 saturated carbocycles. The number of carbonyl (C=O) groups excluding carboxylic acids is 2. The second-order valence-corrected chi connectivity index (χ2v) is 7.13. The highest BCUT2D eigenvalue weighted by Crippen LogP contribution is 2.26. The minimum atomic E-state index is -0.319. The third-order valence-electron chi connectivity index (χ3n) is 5.04. The summed E-state index contributed by atoms with van der Waals surface area (Å²) >= 11 is 0. The summed E-state index contributed by atoms with van der Waals surface area (Å²) in [5, 5.41) is 3.03. The molecular weight excluding hydrogens is 340 g/mol. The van der Waals surface area contributed by atoms with Crippen molar-refractivity contribution in [1.82, 2.24) is 10.2 Å². The number of nitrogens with one attached hydrogen (secondary N) is 1. The highest BCUT2D eigenvalue weighted by atomic mass is 16.5. The van der Waals surface area contributed by atoms with Gasteiger partial charge in [0.25, 0.3) is 0 Å². The van der Waals surface area contributed by atoms with E-state index >= 15 is 0 Å². The Morgan fingerprint density at radius 3 is 2.63 bits per heavy atom. The summed E-state index contributed by atoms with van der Waals surface area (Å²) in [7, 11) is 1.62. The van der Waals surface area contributed by atoms with E-state index in [1.54, 1.807) is 12.0 Å². The first-order chi connectivity index (χ1) is 13.0. The van der Waals surface area contributed by atoms with Crippen LogP contribution in [0.3, 0.4) is 0 Å². The van der Waals surface area contributed by atoms with Crippen LogP contribution in [0, 0.1) is 12.8 Å². The van der Waals surface area contributed by atoms with Gasteiger partial charge in [-0.25, -0.2) is 0 Å². The standard InChI is InChI=1S/C22H26N2O3/c1-15-8-10-17(11-9-15)13-24-14-18(12-21(24)25)22(26)23-16(2)19-6-4-5-7-20(19)27-3/h4-11,16,18H,12-14H2,1-3H3,(H,23,26). The molecule has 5 nitrogen and oxygen atoms in total. The van der Waals surface area contributed by atoms with Crippen LogP contribution >= 0.6 is 0 Å². The zero-order valence-corrected chi connectivity index (χ0v) is 16.1. The Hall–Kier alpha value is -2.82. The summed E-state index contributed by atoms with van der Waals surface area (Å²) in [5.41, 5.74) is 3.20. The Kier molecular flexibility index (Phi) is 5.79. The molecule has 2 atom stereocenters. The maximum absolute atomic E-state index is 12.7. The molecule has 0 aliphatic carbocycles. The molecule has 142 valence electrons. The molecule has 1 fully saturated rings. The lowest BCUT2D eigenvalue weighted by atomic mass is 10.0. The number of aryl methyl sites for hydroxylation is 1. The number of rotatable bonds is 6. The van der Waals surface area contributed by atoms with Gasteiger partial charge in [0.2, 0.25) is 11.8 Å². The topological polar surface area (TPSA) is 58.6 Å². The van der Waals surface area contributed by atoms with Crippen molar-refractivity contribution in [3.05, 3.63) is 65.2 Å². The van der Waals surface area contributed by atoms with Gasteiger partial charge in [-0.05, 0) is 25.5 Å². The number of amides is 2. The molecule has 27 heavy (non-hydrogen) atoms. The molecular formula is C22H26N2O3. The van der Waals surface area contributed by atoms with Gasteiger partial charge in [0.15, 0.2) is 0 Å². The van der Waals surface area contributed by atoms with Crippen LogP contribution in [0.5, 0.6) is 5.75 Å². The maximum Gasteiger partial charge on any atom is 0.225 e. The predicted molar refractivity (Wildman–Crippen MR) is 104 cm³/mol. The number of carbonyl (C=O) groups is 2. The van der Waals surface area contributed by atoms with Crippen molar-refractivity contribution in [1.29, 1.82) is 0 Å². The molecule has 1 heterocycles. The third kappa shape index (κ3) is 4.48. The molecule has 2 aromatic rings. The summed E-state index contributed by atoms with van der Waals surface area (Å²) in [5.74, 6) is 0.364. The largest absolute Gasteiger partial charge is 0.496 e. The van der Waals surface area contributed by atoms with Crippen LogP contribution in [0.4, 0.5) is 0 Å². The highest BCUT2D eigenvalue weighted by Gasteiger charge is 2.34. The summed E-state index contributed by atoms with van der Waals surface area (Å²) in [4.78, 5) is 26.8. The summed E-state index contributed by atoms with van der Waals surface area (Å²) in [6.07, 6.45) is 0.260. The molecule has 1 saturated heterocycles. The van der Waals surface area contributed by atoms with Gasteiger partial charge in [-0.15, -0.1) is 0 Å². The molecule has 2 unspecified atom stereocenters. The zero-order chi connectivity index (χ0) is 19.4. The van der Waals surface area contributed by atoms with Crippen LogP contribution in [0.1, 0.15) is 36.1 Å². The number of benzene rings is 2. The lowest BCUT2D eigenvalue weighted by Gasteiger charge is -2.20. The average molecular weight is 366 g/mol. The number of ether oxygens (including phenoxy) is 1. The van der Waals surface area contributed by atoms with Gasteiger partial charge in [0.1, 0.15) is 5.75 Å². The van der Waals surface area contributed by atoms with Crippen LogP contribution in [-0.4, -0.2) is 30.4 Å². The fourth-order valence-electron chi connectivity index (χ4n) is 3.45. The monoisotopic (exact) mass is 366 g/mol. The van der Waals surface area contributed by atoms with Gasteiger partial charge in [-0.1, -0.05) is 48.0 Å². The first-order valence-electron chi connectivity index (χ1n) is 9.24. The number of methoxy groups -OCH3 is 1. The predicted octanol–water partition coefficient (Wildman–Crippen LogP) is 3.23.